The number of hydrogen-bond acceptors (Lipinski definition) is 4. The molecule has 1 atom stereocenters. The Morgan fingerprint density at radius 2 is 2.11 bits per heavy atom. The Bertz CT molecular complexity index is 347. The van der Waals surface area contributed by atoms with E-state index in [1.165, 1.54) is 6.42 Å². The first-order valence-electron chi connectivity index (χ1n) is 7.32. The van der Waals surface area contributed by atoms with Crippen LogP contribution in [-0.2, 0) is 13.1 Å². The second kappa shape index (κ2) is 8.27. The summed E-state index contributed by atoms with van der Waals surface area (Å²) in [5.74, 6) is 0.746. The number of likely N-dealkylation sites (N-methyl/N-ethyl adjacent to an activating group) is 1. The normalized spacial score (nSPS) is 13.4. The lowest BCUT2D eigenvalue weighted by Crippen LogP contribution is -2.33. The first-order valence-corrected chi connectivity index (χ1v) is 7.32. The molecule has 0 aliphatic heterocycles. The van der Waals surface area contributed by atoms with Crippen LogP contribution in [0, 0.1) is 5.92 Å². The van der Waals surface area contributed by atoms with Crippen molar-refractivity contribution in [2.45, 2.75) is 53.2 Å². The summed E-state index contributed by atoms with van der Waals surface area (Å²) in [6, 6.07) is 0.616. The summed E-state index contributed by atoms with van der Waals surface area (Å²) in [6.07, 6.45) is 3.27. The first-order chi connectivity index (χ1) is 9.02. The molecule has 1 heterocycles. The fourth-order valence-corrected chi connectivity index (χ4v) is 2.12. The molecule has 0 fully saturated rings. The van der Waals surface area contributed by atoms with E-state index >= 15 is 0 Å². The Labute approximate surface area is 117 Å². The molecular formula is C14H29N5. The minimum Gasteiger partial charge on any atom is -0.311 e. The van der Waals surface area contributed by atoms with E-state index in [1.807, 2.05) is 10.9 Å². The lowest BCUT2D eigenvalue weighted by Gasteiger charge is -2.25. The van der Waals surface area contributed by atoms with Gasteiger partial charge in [-0.3, -0.25) is 4.68 Å². The standard InChI is InChI=1S/C14H29N5/c1-6-15-10-14-11-19(17-16-14)8-7-18(5)13(4)9-12(2)3/h11-13,15H,6-10H2,1-5H3. The van der Waals surface area contributed by atoms with E-state index in [-0.39, 0.29) is 0 Å². The molecule has 1 aromatic rings. The van der Waals surface area contributed by atoms with Crippen LogP contribution in [0.15, 0.2) is 6.20 Å². The van der Waals surface area contributed by atoms with Gasteiger partial charge in [0.1, 0.15) is 0 Å². The predicted octanol–water partition coefficient (Wildman–Crippen LogP) is 1.75. The molecule has 0 bridgehead atoms. The van der Waals surface area contributed by atoms with Gasteiger partial charge >= 0.3 is 0 Å². The van der Waals surface area contributed by atoms with Crippen molar-refractivity contribution in [1.29, 1.82) is 0 Å². The summed E-state index contributed by atoms with van der Waals surface area (Å²) >= 11 is 0. The van der Waals surface area contributed by atoms with Crippen LogP contribution < -0.4 is 5.32 Å². The second-order valence-electron chi connectivity index (χ2n) is 5.71. The molecule has 19 heavy (non-hydrogen) atoms. The monoisotopic (exact) mass is 267 g/mol. The van der Waals surface area contributed by atoms with Gasteiger partial charge in [0, 0.05) is 25.3 Å². The Morgan fingerprint density at radius 3 is 2.74 bits per heavy atom. The first kappa shape index (κ1) is 16.1. The summed E-state index contributed by atoms with van der Waals surface area (Å²) in [6.45, 7) is 12.6. The van der Waals surface area contributed by atoms with Crippen molar-refractivity contribution in [3.8, 4) is 0 Å². The summed E-state index contributed by atoms with van der Waals surface area (Å²) in [7, 11) is 2.18. The van der Waals surface area contributed by atoms with Crippen LogP contribution in [0.3, 0.4) is 0 Å². The van der Waals surface area contributed by atoms with Crippen LogP contribution in [-0.4, -0.2) is 46.1 Å². The highest BCUT2D eigenvalue weighted by Gasteiger charge is 2.11. The molecule has 1 unspecified atom stereocenters. The fourth-order valence-electron chi connectivity index (χ4n) is 2.12. The van der Waals surface area contributed by atoms with Gasteiger partial charge in [0.15, 0.2) is 0 Å². The number of hydrogen-bond donors (Lipinski definition) is 1. The highest BCUT2D eigenvalue weighted by atomic mass is 15.4. The van der Waals surface area contributed by atoms with E-state index in [2.05, 4.69) is 55.3 Å². The van der Waals surface area contributed by atoms with E-state index in [9.17, 15) is 0 Å². The lowest BCUT2D eigenvalue weighted by atomic mass is 10.0. The Balaban J connectivity index is 2.33. The molecule has 5 heteroatoms. The van der Waals surface area contributed by atoms with Crippen molar-refractivity contribution in [3.63, 3.8) is 0 Å². The third kappa shape index (κ3) is 6.16. The molecule has 0 aliphatic carbocycles. The molecule has 0 spiro atoms. The van der Waals surface area contributed by atoms with Crippen LogP contribution in [0.4, 0.5) is 0 Å². The predicted molar refractivity (Wildman–Crippen MR) is 78.9 cm³/mol. The van der Waals surface area contributed by atoms with Gasteiger partial charge in [-0.25, -0.2) is 0 Å². The highest BCUT2D eigenvalue weighted by Crippen LogP contribution is 2.09. The SMILES string of the molecule is CCNCc1cn(CCN(C)C(C)CC(C)C)nn1. The Morgan fingerprint density at radius 1 is 1.37 bits per heavy atom. The molecule has 0 aromatic carbocycles. The van der Waals surface area contributed by atoms with Gasteiger partial charge in [-0.2, -0.15) is 0 Å². The second-order valence-corrected chi connectivity index (χ2v) is 5.71. The number of aromatic nitrogens is 3. The number of rotatable bonds is 9. The van der Waals surface area contributed by atoms with Gasteiger partial charge < -0.3 is 10.2 Å². The molecule has 1 N–H and O–H groups in total. The molecule has 0 amide bonds. The van der Waals surface area contributed by atoms with E-state index < -0.39 is 0 Å². The quantitative estimate of drug-likeness (QED) is 0.740. The van der Waals surface area contributed by atoms with Gasteiger partial charge in [-0.1, -0.05) is 26.0 Å². The maximum absolute atomic E-state index is 4.16. The zero-order valence-corrected chi connectivity index (χ0v) is 13.1. The maximum atomic E-state index is 4.16. The zero-order valence-electron chi connectivity index (χ0n) is 13.1. The fraction of sp³-hybridized carbons (Fsp3) is 0.857. The van der Waals surface area contributed by atoms with E-state index in [0.29, 0.717) is 6.04 Å². The van der Waals surface area contributed by atoms with Crippen LogP contribution in [0.5, 0.6) is 0 Å². The van der Waals surface area contributed by atoms with Crippen molar-refractivity contribution >= 4 is 0 Å². The molecule has 0 radical (unpaired) electrons. The van der Waals surface area contributed by atoms with Crippen LogP contribution in [0.1, 0.15) is 39.8 Å². The number of nitrogens with one attached hydrogen (secondary N) is 1. The number of nitrogens with zero attached hydrogens (tertiary/aromatic N) is 4. The summed E-state index contributed by atoms with van der Waals surface area (Å²) in [5.41, 5.74) is 1.01. The van der Waals surface area contributed by atoms with Crippen LogP contribution in [0.2, 0.25) is 0 Å². The average molecular weight is 267 g/mol. The topological polar surface area (TPSA) is 46.0 Å². The summed E-state index contributed by atoms with van der Waals surface area (Å²) < 4.78 is 1.94. The molecule has 110 valence electrons. The smallest absolute Gasteiger partial charge is 0.0964 e. The van der Waals surface area contributed by atoms with E-state index in [0.717, 1.165) is 37.8 Å². The summed E-state index contributed by atoms with van der Waals surface area (Å²) in [5, 5.41) is 11.6. The lowest BCUT2D eigenvalue weighted by molar-refractivity contribution is 0.217. The van der Waals surface area contributed by atoms with E-state index in [1.54, 1.807) is 0 Å². The molecule has 0 aliphatic rings. The molecule has 0 saturated carbocycles. The maximum Gasteiger partial charge on any atom is 0.0964 e. The van der Waals surface area contributed by atoms with Crippen molar-refractivity contribution in [2.24, 2.45) is 5.92 Å². The van der Waals surface area contributed by atoms with Crippen molar-refractivity contribution in [1.82, 2.24) is 25.2 Å². The average Bonchev–Trinajstić information content (AvgIpc) is 2.80. The minimum atomic E-state index is 0.616. The van der Waals surface area contributed by atoms with E-state index in [4.69, 9.17) is 0 Å². The van der Waals surface area contributed by atoms with Gasteiger partial charge in [0.2, 0.25) is 0 Å². The largest absolute Gasteiger partial charge is 0.311 e. The van der Waals surface area contributed by atoms with Gasteiger partial charge in [-0.15, -0.1) is 5.10 Å². The van der Waals surface area contributed by atoms with Gasteiger partial charge in [-0.05, 0) is 32.9 Å². The third-order valence-electron chi connectivity index (χ3n) is 3.39. The summed E-state index contributed by atoms with van der Waals surface area (Å²) in [4.78, 5) is 2.39. The molecular weight excluding hydrogens is 238 g/mol. The minimum absolute atomic E-state index is 0.616. The molecule has 1 aromatic heterocycles. The van der Waals surface area contributed by atoms with Crippen LogP contribution in [0.25, 0.3) is 0 Å². The highest BCUT2D eigenvalue weighted by molar-refractivity contribution is 4.91. The van der Waals surface area contributed by atoms with Crippen LogP contribution >= 0.6 is 0 Å². The van der Waals surface area contributed by atoms with Gasteiger partial charge in [0.05, 0.1) is 12.2 Å². The molecule has 5 nitrogen and oxygen atoms in total. The Kier molecular flexibility index (Phi) is 7.02. The van der Waals surface area contributed by atoms with Crippen molar-refractivity contribution < 1.29 is 0 Å². The zero-order chi connectivity index (χ0) is 14.3. The molecule has 1 rings (SSSR count). The third-order valence-corrected chi connectivity index (χ3v) is 3.39. The van der Waals surface area contributed by atoms with Crippen molar-refractivity contribution in [2.75, 3.05) is 20.1 Å². The Hall–Kier alpha value is -0.940. The molecule has 0 saturated heterocycles. The van der Waals surface area contributed by atoms with Gasteiger partial charge in [0.25, 0.3) is 0 Å². The van der Waals surface area contributed by atoms with Crippen molar-refractivity contribution in [3.05, 3.63) is 11.9 Å².